The fourth-order valence-electron chi connectivity index (χ4n) is 3.69. The molecule has 0 fully saturated rings. The van der Waals surface area contributed by atoms with Gasteiger partial charge in [-0.1, -0.05) is 41.9 Å². The third kappa shape index (κ3) is 7.09. The molecule has 4 rings (SSSR count). The van der Waals surface area contributed by atoms with Crippen molar-refractivity contribution < 1.29 is 19.4 Å². The summed E-state index contributed by atoms with van der Waals surface area (Å²) < 4.78 is 5.26. The standard InChI is InChI=1S/C28H26ClN3O4S/c1-36-23-12-10-20(11-13-23)25-18-37-28(31-25)32(17-22-4-2-3-5-24(22)29)16-19-6-8-21(9-7-19)27(35)30-15-14-26(33)34/h2-13,18H,14-17H2,1H3,(H,30,35)(H,33,34). The summed E-state index contributed by atoms with van der Waals surface area (Å²) in [4.78, 5) is 30.0. The van der Waals surface area contributed by atoms with Crippen LogP contribution >= 0.6 is 22.9 Å². The molecule has 37 heavy (non-hydrogen) atoms. The molecule has 0 bridgehead atoms. The molecule has 7 nitrogen and oxygen atoms in total. The van der Waals surface area contributed by atoms with Gasteiger partial charge in [0.25, 0.3) is 5.91 Å². The zero-order valence-electron chi connectivity index (χ0n) is 20.2. The lowest BCUT2D eigenvalue weighted by Gasteiger charge is -2.23. The lowest BCUT2D eigenvalue weighted by Crippen LogP contribution is -2.26. The second-order valence-electron chi connectivity index (χ2n) is 8.29. The minimum atomic E-state index is -0.952. The van der Waals surface area contributed by atoms with Crippen LogP contribution in [0.4, 0.5) is 5.13 Å². The van der Waals surface area contributed by atoms with Crippen LogP contribution in [-0.4, -0.2) is 35.6 Å². The average molecular weight is 536 g/mol. The van der Waals surface area contributed by atoms with Crippen molar-refractivity contribution in [1.82, 2.24) is 10.3 Å². The van der Waals surface area contributed by atoms with Crippen LogP contribution in [0.3, 0.4) is 0 Å². The van der Waals surface area contributed by atoms with Crippen molar-refractivity contribution in [3.8, 4) is 17.0 Å². The lowest BCUT2D eigenvalue weighted by molar-refractivity contribution is -0.136. The number of anilines is 1. The van der Waals surface area contributed by atoms with Gasteiger partial charge in [-0.25, -0.2) is 4.98 Å². The molecular formula is C28H26ClN3O4S. The van der Waals surface area contributed by atoms with Crippen molar-refractivity contribution in [3.05, 3.63) is 99.9 Å². The fraction of sp³-hybridized carbons (Fsp3) is 0.179. The van der Waals surface area contributed by atoms with Crippen LogP contribution in [0.2, 0.25) is 5.02 Å². The number of benzene rings is 3. The van der Waals surface area contributed by atoms with Gasteiger partial charge < -0.3 is 20.1 Å². The number of thiazole rings is 1. The maximum absolute atomic E-state index is 12.3. The molecule has 0 saturated heterocycles. The van der Waals surface area contributed by atoms with Crippen molar-refractivity contribution in [1.29, 1.82) is 0 Å². The summed E-state index contributed by atoms with van der Waals surface area (Å²) in [6.45, 7) is 1.20. The number of methoxy groups -OCH3 is 1. The molecular weight excluding hydrogens is 510 g/mol. The van der Waals surface area contributed by atoms with Gasteiger partial charge in [-0.3, -0.25) is 9.59 Å². The Bertz CT molecular complexity index is 1360. The molecule has 1 amide bonds. The number of carboxylic acid groups (broad SMARTS) is 1. The summed E-state index contributed by atoms with van der Waals surface area (Å²) in [5.41, 5.74) is 4.33. The first-order valence-electron chi connectivity index (χ1n) is 11.6. The van der Waals surface area contributed by atoms with Crippen LogP contribution in [0.25, 0.3) is 11.3 Å². The smallest absolute Gasteiger partial charge is 0.305 e. The Kier molecular flexibility index (Phi) is 8.77. The van der Waals surface area contributed by atoms with Crippen molar-refractivity contribution in [2.24, 2.45) is 0 Å². The highest BCUT2D eigenvalue weighted by Gasteiger charge is 2.16. The number of halogens is 1. The van der Waals surface area contributed by atoms with Gasteiger partial charge in [0.2, 0.25) is 0 Å². The third-order valence-electron chi connectivity index (χ3n) is 5.68. The average Bonchev–Trinajstić information content (AvgIpc) is 3.40. The van der Waals surface area contributed by atoms with Gasteiger partial charge in [0.1, 0.15) is 5.75 Å². The van der Waals surface area contributed by atoms with E-state index < -0.39 is 5.97 Å². The van der Waals surface area contributed by atoms with Crippen LogP contribution < -0.4 is 15.0 Å². The molecule has 0 aliphatic heterocycles. The number of nitrogens with zero attached hydrogens (tertiary/aromatic N) is 2. The summed E-state index contributed by atoms with van der Waals surface area (Å²) in [5.74, 6) is -0.463. The highest BCUT2D eigenvalue weighted by atomic mass is 35.5. The van der Waals surface area contributed by atoms with Crippen LogP contribution in [0, 0.1) is 0 Å². The second-order valence-corrected chi connectivity index (χ2v) is 9.53. The van der Waals surface area contributed by atoms with Crippen LogP contribution in [0.5, 0.6) is 5.75 Å². The van der Waals surface area contributed by atoms with Crippen LogP contribution in [0.1, 0.15) is 27.9 Å². The molecule has 0 aliphatic carbocycles. The quantitative estimate of drug-likeness (QED) is 0.249. The molecule has 0 radical (unpaired) electrons. The number of amides is 1. The Morgan fingerprint density at radius 3 is 2.43 bits per heavy atom. The van der Waals surface area contributed by atoms with Gasteiger partial charge in [-0.2, -0.15) is 0 Å². The topological polar surface area (TPSA) is 91.8 Å². The number of hydrogen-bond donors (Lipinski definition) is 2. The molecule has 1 heterocycles. The largest absolute Gasteiger partial charge is 0.497 e. The summed E-state index contributed by atoms with van der Waals surface area (Å²) in [6, 6.07) is 22.8. The lowest BCUT2D eigenvalue weighted by atomic mass is 10.1. The first-order chi connectivity index (χ1) is 17.9. The van der Waals surface area contributed by atoms with Crippen LogP contribution in [-0.2, 0) is 17.9 Å². The molecule has 0 aliphatic rings. The third-order valence-corrected chi connectivity index (χ3v) is 6.95. The molecule has 0 spiro atoms. The number of ether oxygens (including phenoxy) is 1. The molecule has 9 heteroatoms. The minimum absolute atomic E-state index is 0.0854. The van der Waals surface area contributed by atoms with Crippen molar-refractivity contribution in [2.75, 3.05) is 18.6 Å². The van der Waals surface area contributed by atoms with Crippen molar-refractivity contribution in [3.63, 3.8) is 0 Å². The van der Waals surface area contributed by atoms with E-state index in [1.165, 1.54) is 0 Å². The predicted octanol–water partition coefficient (Wildman–Crippen LogP) is 5.88. The fourth-order valence-corrected chi connectivity index (χ4v) is 4.72. The SMILES string of the molecule is COc1ccc(-c2csc(N(Cc3ccc(C(=O)NCCC(=O)O)cc3)Cc3ccccc3Cl)n2)cc1. The molecule has 0 saturated carbocycles. The highest BCUT2D eigenvalue weighted by Crippen LogP contribution is 2.31. The molecule has 2 N–H and O–H groups in total. The number of aromatic nitrogens is 1. The summed E-state index contributed by atoms with van der Waals surface area (Å²) in [5, 5.41) is 14.9. The van der Waals surface area contributed by atoms with E-state index in [1.54, 1.807) is 30.6 Å². The number of aliphatic carboxylic acids is 1. The Hall–Kier alpha value is -3.88. The van der Waals surface area contributed by atoms with E-state index in [0.717, 1.165) is 33.3 Å². The maximum atomic E-state index is 12.3. The van der Waals surface area contributed by atoms with Gasteiger partial charge in [-0.15, -0.1) is 11.3 Å². The maximum Gasteiger partial charge on any atom is 0.305 e. The number of carbonyl (C=O) groups is 2. The number of carboxylic acids is 1. The van der Waals surface area contributed by atoms with Gasteiger partial charge in [0.15, 0.2) is 5.13 Å². The molecule has 4 aromatic rings. The Morgan fingerprint density at radius 2 is 1.76 bits per heavy atom. The van der Waals surface area contributed by atoms with E-state index in [9.17, 15) is 9.59 Å². The highest BCUT2D eigenvalue weighted by molar-refractivity contribution is 7.14. The number of carbonyl (C=O) groups excluding carboxylic acids is 1. The monoisotopic (exact) mass is 535 g/mol. The Labute approximate surface area is 224 Å². The van der Waals surface area contributed by atoms with Gasteiger partial charge in [-0.05, 0) is 53.6 Å². The van der Waals surface area contributed by atoms with Crippen molar-refractivity contribution >= 4 is 39.9 Å². The summed E-state index contributed by atoms with van der Waals surface area (Å²) >= 11 is 8.02. The first kappa shape index (κ1) is 26.2. The van der Waals surface area contributed by atoms with Crippen molar-refractivity contribution in [2.45, 2.75) is 19.5 Å². The van der Waals surface area contributed by atoms with Gasteiger partial charge >= 0.3 is 5.97 Å². The minimum Gasteiger partial charge on any atom is -0.497 e. The summed E-state index contributed by atoms with van der Waals surface area (Å²) in [7, 11) is 1.64. The van der Waals surface area contributed by atoms with E-state index in [4.69, 9.17) is 26.4 Å². The summed E-state index contributed by atoms with van der Waals surface area (Å²) in [6.07, 6.45) is -0.118. The Morgan fingerprint density at radius 1 is 1.03 bits per heavy atom. The van der Waals surface area contributed by atoms with E-state index in [-0.39, 0.29) is 18.9 Å². The first-order valence-corrected chi connectivity index (χ1v) is 12.9. The molecule has 0 unspecified atom stereocenters. The number of rotatable bonds is 11. The molecule has 1 aromatic heterocycles. The molecule has 3 aromatic carbocycles. The second kappa shape index (κ2) is 12.4. The van der Waals surface area contributed by atoms with Gasteiger partial charge in [0, 0.05) is 41.2 Å². The molecule has 0 atom stereocenters. The van der Waals surface area contributed by atoms with E-state index >= 15 is 0 Å². The van der Waals surface area contributed by atoms with E-state index in [1.807, 2.05) is 66.0 Å². The normalized spacial score (nSPS) is 10.6. The molecule has 190 valence electrons. The zero-order chi connectivity index (χ0) is 26.2. The van der Waals surface area contributed by atoms with E-state index in [2.05, 4.69) is 10.2 Å². The Balaban J connectivity index is 1.54. The van der Waals surface area contributed by atoms with E-state index in [0.29, 0.717) is 23.7 Å². The number of nitrogens with one attached hydrogen (secondary N) is 1. The zero-order valence-corrected chi connectivity index (χ0v) is 21.8. The van der Waals surface area contributed by atoms with Crippen LogP contribution in [0.15, 0.2) is 78.2 Å². The number of hydrogen-bond acceptors (Lipinski definition) is 6. The predicted molar refractivity (Wildman–Crippen MR) is 146 cm³/mol. The van der Waals surface area contributed by atoms with Gasteiger partial charge in [0.05, 0.1) is 19.2 Å².